The summed E-state index contributed by atoms with van der Waals surface area (Å²) in [5.74, 6) is -0.109. The first-order valence-corrected chi connectivity index (χ1v) is 8.83. The molecule has 2 unspecified atom stereocenters. The molecule has 2 atom stereocenters. The molecule has 0 amide bonds. The number of sulfonamides is 1. The van der Waals surface area contributed by atoms with Crippen molar-refractivity contribution in [2.75, 3.05) is 12.0 Å². The standard InChI is InChI=1S/C12H18N2O3S2/c1-18-9-3-2-8(6-9)14-19(16,17)10-4-5-12(15)11(13)7-10/h4-5,7-9,14-15H,2-3,6,13H2,1H3. The molecule has 1 aliphatic carbocycles. The average molecular weight is 302 g/mol. The summed E-state index contributed by atoms with van der Waals surface area (Å²) in [6.07, 6.45) is 4.79. The molecule has 7 heteroatoms. The molecule has 0 aliphatic heterocycles. The van der Waals surface area contributed by atoms with Crippen LogP contribution in [0.25, 0.3) is 0 Å². The van der Waals surface area contributed by atoms with E-state index >= 15 is 0 Å². The van der Waals surface area contributed by atoms with Crippen LogP contribution in [0.4, 0.5) is 5.69 Å². The van der Waals surface area contributed by atoms with Crippen LogP contribution in [-0.4, -0.2) is 31.1 Å². The maximum atomic E-state index is 12.2. The van der Waals surface area contributed by atoms with Gasteiger partial charge < -0.3 is 10.8 Å². The highest BCUT2D eigenvalue weighted by Gasteiger charge is 2.28. The summed E-state index contributed by atoms with van der Waals surface area (Å²) >= 11 is 1.77. The molecule has 1 aromatic rings. The summed E-state index contributed by atoms with van der Waals surface area (Å²) in [4.78, 5) is 0.0930. The Balaban J connectivity index is 2.12. The van der Waals surface area contributed by atoms with Crippen LogP contribution in [0.2, 0.25) is 0 Å². The van der Waals surface area contributed by atoms with Gasteiger partial charge in [-0.3, -0.25) is 0 Å². The van der Waals surface area contributed by atoms with Gasteiger partial charge in [0.2, 0.25) is 10.0 Å². The second kappa shape index (κ2) is 5.60. The lowest BCUT2D eigenvalue weighted by molar-refractivity contribution is 0.477. The molecule has 0 bridgehead atoms. The van der Waals surface area contributed by atoms with Gasteiger partial charge in [-0.2, -0.15) is 11.8 Å². The minimum absolute atomic E-state index is 0.0162. The van der Waals surface area contributed by atoms with Gasteiger partial charge in [0.1, 0.15) is 5.75 Å². The van der Waals surface area contributed by atoms with Gasteiger partial charge in [0.05, 0.1) is 10.6 Å². The Morgan fingerprint density at radius 3 is 2.74 bits per heavy atom. The van der Waals surface area contributed by atoms with Gasteiger partial charge in [-0.25, -0.2) is 13.1 Å². The number of aromatic hydroxyl groups is 1. The SMILES string of the molecule is CSC1CCC(NS(=O)(=O)c2ccc(O)c(N)c2)C1. The van der Waals surface area contributed by atoms with Crippen LogP contribution < -0.4 is 10.5 Å². The molecule has 0 heterocycles. The molecule has 0 spiro atoms. The molecule has 4 N–H and O–H groups in total. The van der Waals surface area contributed by atoms with E-state index in [1.165, 1.54) is 18.2 Å². The summed E-state index contributed by atoms with van der Waals surface area (Å²) in [5, 5.41) is 9.84. The number of hydrogen-bond acceptors (Lipinski definition) is 5. The van der Waals surface area contributed by atoms with Gasteiger partial charge in [-0.05, 0) is 43.7 Å². The molecule has 5 nitrogen and oxygen atoms in total. The molecule has 106 valence electrons. The van der Waals surface area contributed by atoms with E-state index in [4.69, 9.17) is 5.73 Å². The quantitative estimate of drug-likeness (QED) is 0.579. The van der Waals surface area contributed by atoms with Crippen molar-refractivity contribution in [3.8, 4) is 5.75 Å². The third-order valence-electron chi connectivity index (χ3n) is 3.35. The van der Waals surface area contributed by atoms with Crippen LogP contribution in [0.1, 0.15) is 19.3 Å². The first kappa shape index (κ1) is 14.5. The van der Waals surface area contributed by atoms with Gasteiger partial charge in [0.25, 0.3) is 0 Å². The van der Waals surface area contributed by atoms with Crippen molar-refractivity contribution >= 4 is 27.5 Å². The third kappa shape index (κ3) is 3.34. The summed E-state index contributed by atoms with van der Waals surface area (Å²) in [6.45, 7) is 0. The number of thioether (sulfide) groups is 1. The van der Waals surface area contributed by atoms with E-state index in [0.717, 1.165) is 19.3 Å². The van der Waals surface area contributed by atoms with E-state index in [1.54, 1.807) is 11.8 Å². The van der Waals surface area contributed by atoms with Crippen LogP contribution in [0, 0.1) is 0 Å². The van der Waals surface area contributed by atoms with Gasteiger partial charge in [-0.15, -0.1) is 0 Å². The second-order valence-electron chi connectivity index (χ2n) is 4.71. The van der Waals surface area contributed by atoms with E-state index in [1.807, 2.05) is 6.26 Å². The molecule has 1 saturated carbocycles. The molecular weight excluding hydrogens is 284 g/mol. The van der Waals surface area contributed by atoms with E-state index in [0.29, 0.717) is 5.25 Å². The largest absolute Gasteiger partial charge is 0.506 e. The fraction of sp³-hybridized carbons (Fsp3) is 0.500. The number of nitrogens with two attached hydrogens (primary N) is 1. The van der Waals surface area contributed by atoms with Gasteiger partial charge >= 0.3 is 0 Å². The van der Waals surface area contributed by atoms with E-state index in [-0.39, 0.29) is 22.4 Å². The Hall–Kier alpha value is -0.920. The van der Waals surface area contributed by atoms with Gasteiger partial charge in [0, 0.05) is 11.3 Å². The Morgan fingerprint density at radius 2 is 2.16 bits per heavy atom. The van der Waals surface area contributed by atoms with E-state index in [2.05, 4.69) is 4.72 Å². The molecule has 1 fully saturated rings. The van der Waals surface area contributed by atoms with E-state index < -0.39 is 10.0 Å². The predicted molar refractivity (Wildman–Crippen MR) is 77.8 cm³/mol. The van der Waals surface area contributed by atoms with Crippen molar-refractivity contribution in [2.45, 2.75) is 35.4 Å². The predicted octanol–water partition coefficient (Wildman–Crippen LogP) is 1.54. The van der Waals surface area contributed by atoms with Crippen molar-refractivity contribution in [1.29, 1.82) is 0 Å². The molecule has 1 aromatic carbocycles. The highest BCUT2D eigenvalue weighted by Crippen LogP contribution is 2.30. The highest BCUT2D eigenvalue weighted by molar-refractivity contribution is 7.99. The van der Waals surface area contributed by atoms with Crippen LogP contribution in [0.3, 0.4) is 0 Å². The average Bonchev–Trinajstić information content (AvgIpc) is 2.79. The third-order valence-corrected chi connectivity index (χ3v) is 5.96. The number of hydrogen-bond donors (Lipinski definition) is 3. The zero-order chi connectivity index (χ0) is 14.0. The first-order valence-electron chi connectivity index (χ1n) is 6.06. The minimum atomic E-state index is -3.56. The fourth-order valence-electron chi connectivity index (χ4n) is 2.25. The first-order chi connectivity index (χ1) is 8.92. The molecule has 19 heavy (non-hydrogen) atoms. The van der Waals surface area contributed by atoms with Crippen molar-refractivity contribution in [2.24, 2.45) is 0 Å². The maximum absolute atomic E-state index is 12.2. The Bertz CT molecular complexity index is 560. The molecule has 0 aromatic heterocycles. The lowest BCUT2D eigenvalue weighted by Gasteiger charge is -2.13. The Morgan fingerprint density at radius 1 is 1.42 bits per heavy atom. The maximum Gasteiger partial charge on any atom is 0.240 e. The minimum Gasteiger partial charge on any atom is -0.506 e. The summed E-state index contributed by atoms with van der Waals surface area (Å²) < 4.78 is 27.1. The Labute approximate surface area is 117 Å². The van der Waals surface area contributed by atoms with Gasteiger partial charge in [-0.1, -0.05) is 0 Å². The van der Waals surface area contributed by atoms with E-state index in [9.17, 15) is 13.5 Å². The number of benzene rings is 1. The van der Waals surface area contributed by atoms with Crippen molar-refractivity contribution in [3.05, 3.63) is 18.2 Å². The number of anilines is 1. The topological polar surface area (TPSA) is 92.4 Å². The van der Waals surface area contributed by atoms with Crippen molar-refractivity contribution < 1.29 is 13.5 Å². The number of phenols is 1. The fourth-order valence-corrected chi connectivity index (χ4v) is 4.36. The highest BCUT2D eigenvalue weighted by atomic mass is 32.2. The van der Waals surface area contributed by atoms with Crippen molar-refractivity contribution in [1.82, 2.24) is 4.72 Å². The van der Waals surface area contributed by atoms with Gasteiger partial charge in [0.15, 0.2) is 0 Å². The molecule has 0 saturated heterocycles. The summed E-state index contributed by atoms with van der Waals surface area (Å²) in [7, 11) is -3.56. The normalized spacial score (nSPS) is 23.6. The number of rotatable bonds is 4. The van der Waals surface area contributed by atoms with Crippen molar-refractivity contribution in [3.63, 3.8) is 0 Å². The smallest absolute Gasteiger partial charge is 0.240 e. The summed E-state index contributed by atoms with van der Waals surface area (Å²) in [6, 6.07) is 3.91. The summed E-state index contributed by atoms with van der Waals surface area (Å²) in [5.41, 5.74) is 5.59. The van der Waals surface area contributed by atoms with Crippen LogP contribution in [0.15, 0.2) is 23.1 Å². The van der Waals surface area contributed by atoms with Crippen LogP contribution >= 0.6 is 11.8 Å². The molecule has 1 aliphatic rings. The Kier molecular flexibility index (Phi) is 4.27. The number of phenolic OH excluding ortho intramolecular Hbond substituents is 1. The number of nitrogens with one attached hydrogen (secondary N) is 1. The lowest BCUT2D eigenvalue weighted by atomic mass is 10.3. The zero-order valence-electron chi connectivity index (χ0n) is 10.7. The molecule has 2 rings (SSSR count). The lowest BCUT2D eigenvalue weighted by Crippen LogP contribution is -2.33. The van der Waals surface area contributed by atoms with Crippen LogP contribution in [-0.2, 0) is 10.0 Å². The monoisotopic (exact) mass is 302 g/mol. The zero-order valence-corrected chi connectivity index (χ0v) is 12.3. The second-order valence-corrected chi connectivity index (χ2v) is 7.56. The molecular formula is C12H18N2O3S2. The number of nitrogen functional groups attached to an aromatic ring is 1. The van der Waals surface area contributed by atoms with Crippen LogP contribution in [0.5, 0.6) is 5.75 Å². The molecule has 0 radical (unpaired) electrons.